The van der Waals surface area contributed by atoms with Gasteiger partial charge in [-0.25, -0.2) is 13.6 Å². The van der Waals surface area contributed by atoms with E-state index in [1.54, 1.807) is 30.7 Å². The van der Waals surface area contributed by atoms with E-state index in [9.17, 15) is 13.6 Å². The number of aryl methyl sites for hydroxylation is 1. The van der Waals surface area contributed by atoms with Crippen molar-refractivity contribution in [1.82, 2.24) is 4.57 Å². The van der Waals surface area contributed by atoms with Crippen molar-refractivity contribution in [2.45, 2.75) is 20.4 Å². The summed E-state index contributed by atoms with van der Waals surface area (Å²) in [7, 11) is 0. The van der Waals surface area contributed by atoms with Gasteiger partial charge in [-0.05, 0) is 43.2 Å². The van der Waals surface area contributed by atoms with E-state index < -0.39 is 17.6 Å². The van der Waals surface area contributed by atoms with Crippen LogP contribution in [-0.4, -0.2) is 17.1 Å². The molecule has 20 heavy (non-hydrogen) atoms. The summed E-state index contributed by atoms with van der Waals surface area (Å²) in [4.78, 5) is 11.9. The van der Waals surface area contributed by atoms with Crippen LogP contribution in [0.3, 0.4) is 0 Å². The van der Waals surface area contributed by atoms with Gasteiger partial charge in [0.25, 0.3) is 0 Å². The lowest BCUT2D eigenvalue weighted by Gasteiger charge is -2.10. The molecule has 3 nitrogen and oxygen atoms in total. The molecule has 0 spiro atoms. The van der Waals surface area contributed by atoms with Gasteiger partial charge in [0, 0.05) is 18.8 Å². The van der Waals surface area contributed by atoms with Crippen molar-refractivity contribution in [2.75, 3.05) is 6.61 Å². The predicted molar refractivity (Wildman–Crippen MR) is 70.6 cm³/mol. The van der Waals surface area contributed by atoms with Crippen LogP contribution in [0.5, 0.6) is 0 Å². The summed E-state index contributed by atoms with van der Waals surface area (Å²) in [6, 6.07) is 5.07. The first-order chi connectivity index (χ1) is 9.51. The lowest BCUT2D eigenvalue weighted by molar-refractivity contribution is 0.0513. The van der Waals surface area contributed by atoms with Gasteiger partial charge in [-0.2, -0.15) is 0 Å². The van der Waals surface area contributed by atoms with Crippen molar-refractivity contribution >= 4 is 5.97 Å². The Morgan fingerprint density at radius 3 is 2.50 bits per heavy atom. The molecule has 0 radical (unpaired) electrons. The molecule has 2 aromatic rings. The zero-order valence-electron chi connectivity index (χ0n) is 11.3. The second-order valence-electron chi connectivity index (χ2n) is 4.47. The van der Waals surface area contributed by atoms with Gasteiger partial charge in [0.15, 0.2) is 0 Å². The van der Waals surface area contributed by atoms with Crippen LogP contribution in [0.15, 0.2) is 30.5 Å². The molecule has 0 saturated carbocycles. The summed E-state index contributed by atoms with van der Waals surface area (Å²) >= 11 is 0. The maximum atomic E-state index is 13.2. The number of hydrogen-bond acceptors (Lipinski definition) is 2. The number of halogens is 2. The number of ether oxygens (including phenoxy) is 1. The number of esters is 1. The Hall–Kier alpha value is -2.17. The second-order valence-corrected chi connectivity index (χ2v) is 4.47. The molecule has 5 heteroatoms. The van der Waals surface area contributed by atoms with Gasteiger partial charge < -0.3 is 9.30 Å². The van der Waals surface area contributed by atoms with Crippen LogP contribution in [-0.2, 0) is 11.3 Å². The smallest absolute Gasteiger partial charge is 0.355 e. The normalized spacial score (nSPS) is 10.6. The number of rotatable bonds is 4. The van der Waals surface area contributed by atoms with Crippen molar-refractivity contribution in [3.8, 4) is 0 Å². The van der Waals surface area contributed by atoms with Crippen LogP contribution in [0.4, 0.5) is 8.78 Å². The van der Waals surface area contributed by atoms with E-state index in [0.29, 0.717) is 11.3 Å². The fraction of sp³-hybridized carbons (Fsp3) is 0.267. The first-order valence-corrected chi connectivity index (χ1v) is 6.29. The van der Waals surface area contributed by atoms with Gasteiger partial charge in [0.1, 0.15) is 17.3 Å². The van der Waals surface area contributed by atoms with Crippen LogP contribution in [0.1, 0.15) is 28.5 Å². The third-order valence-electron chi connectivity index (χ3n) is 2.91. The highest BCUT2D eigenvalue weighted by atomic mass is 19.1. The van der Waals surface area contributed by atoms with Crippen molar-refractivity contribution in [1.29, 1.82) is 0 Å². The zero-order valence-corrected chi connectivity index (χ0v) is 11.3. The van der Waals surface area contributed by atoms with Crippen molar-refractivity contribution < 1.29 is 18.3 Å². The fourth-order valence-corrected chi connectivity index (χ4v) is 2.09. The average Bonchev–Trinajstić information content (AvgIpc) is 2.69. The maximum absolute atomic E-state index is 13.2. The Morgan fingerprint density at radius 1 is 1.25 bits per heavy atom. The molecular weight excluding hydrogens is 264 g/mol. The quantitative estimate of drug-likeness (QED) is 0.804. The first kappa shape index (κ1) is 14.2. The molecule has 0 aliphatic heterocycles. The van der Waals surface area contributed by atoms with E-state index >= 15 is 0 Å². The molecule has 0 aliphatic rings. The summed E-state index contributed by atoms with van der Waals surface area (Å²) in [5.74, 6) is -1.71. The van der Waals surface area contributed by atoms with Gasteiger partial charge in [0.2, 0.25) is 0 Å². The Labute approximate surface area is 115 Å². The molecule has 1 heterocycles. The summed E-state index contributed by atoms with van der Waals surface area (Å²) < 4.78 is 33.0. The van der Waals surface area contributed by atoms with E-state index in [1.807, 2.05) is 0 Å². The second kappa shape index (κ2) is 5.86. The Morgan fingerprint density at radius 2 is 1.90 bits per heavy atom. The topological polar surface area (TPSA) is 31.2 Å². The molecule has 0 fully saturated rings. The monoisotopic (exact) mass is 279 g/mol. The molecule has 0 saturated heterocycles. The summed E-state index contributed by atoms with van der Waals surface area (Å²) in [5.41, 5.74) is 1.61. The minimum atomic E-state index is -0.637. The van der Waals surface area contributed by atoms with Gasteiger partial charge >= 0.3 is 5.97 Å². The lowest BCUT2D eigenvalue weighted by Crippen LogP contribution is -2.14. The SMILES string of the molecule is CCOC(=O)c1c(C)ccn1Cc1cc(F)cc(F)c1. The third kappa shape index (κ3) is 3.04. The number of aromatic nitrogens is 1. The molecule has 0 bridgehead atoms. The van der Waals surface area contributed by atoms with Crippen LogP contribution < -0.4 is 0 Å². The van der Waals surface area contributed by atoms with Crippen molar-refractivity contribution in [3.05, 3.63) is 58.9 Å². The molecule has 0 amide bonds. The molecule has 1 aromatic carbocycles. The molecular formula is C15H15F2NO2. The van der Waals surface area contributed by atoms with Crippen LogP contribution in [0.25, 0.3) is 0 Å². The predicted octanol–water partition coefficient (Wildman–Crippen LogP) is 3.30. The van der Waals surface area contributed by atoms with Crippen molar-refractivity contribution in [3.63, 3.8) is 0 Å². The minimum absolute atomic E-state index is 0.205. The number of hydrogen-bond donors (Lipinski definition) is 0. The molecule has 0 atom stereocenters. The van der Waals surface area contributed by atoms with Crippen LogP contribution in [0.2, 0.25) is 0 Å². The highest BCUT2D eigenvalue weighted by Gasteiger charge is 2.16. The molecule has 1 aromatic heterocycles. The molecule has 0 N–H and O–H groups in total. The summed E-state index contributed by atoms with van der Waals surface area (Å²) in [6.07, 6.45) is 1.70. The van der Waals surface area contributed by atoms with Gasteiger partial charge in [0.05, 0.1) is 6.61 Å². The van der Waals surface area contributed by atoms with Crippen LogP contribution in [0, 0.1) is 18.6 Å². The fourth-order valence-electron chi connectivity index (χ4n) is 2.09. The number of benzene rings is 1. The Balaban J connectivity index is 2.32. The van der Waals surface area contributed by atoms with E-state index in [1.165, 1.54) is 12.1 Å². The standard InChI is InChI=1S/C15H15F2NO2/c1-3-20-15(19)14-10(2)4-5-18(14)9-11-6-12(16)8-13(17)7-11/h4-8H,3,9H2,1-2H3. The summed E-state index contributed by atoms with van der Waals surface area (Å²) in [5, 5.41) is 0. The third-order valence-corrected chi connectivity index (χ3v) is 2.91. The Kier molecular flexibility index (Phi) is 4.17. The van der Waals surface area contributed by atoms with E-state index in [-0.39, 0.29) is 13.2 Å². The molecule has 0 aliphatic carbocycles. The molecule has 106 valence electrons. The number of carbonyl (C=O) groups is 1. The highest BCUT2D eigenvalue weighted by Crippen LogP contribution is 2.16. The average molecular weight is 279 g/mol. The van der Waals surface area contributed by atoms with E-state index in [2.05, 4.69) is 0 Å². The van der Waals surface area contributed by atoms with E-state index in [4.69, 9.17) is 4.74 Å². The Bertz CT molecular complexity index is 615. The minimum Gasteiger partial charge on any atom is -0.461 e. The molecule has 2 rings (SSSR count). The molecule has 0 unspecified atom stereocenters. The highest BCUT2D eigenvalue weighted by molar-refractivity contribution is 5.89. The largest absolute Gasteiger partial charge is 0.461 e. The van der Waals surface area contributed by atoms with Gasteiger partial charge in [-0.3, -0.25) is 0 Å². The maximum Gasteiger partial charge on any atom is 0.355 e. The zero-order chi connectivity index (χ0) is 14.7. The lowest BCUT2D eigenvalue weighted by atomic mass is 10.2. The van der Waals surface area contributed by atoms with Crippen molar-refractivity contribution in [2.24, 2.45) is 0 Å². The number of carbonyl (C=O) groups excluding carboxylic acids is 1. The van der Waals surface area contributed by atoms with Crippen LogP contribution >= 0.6 is 0 Å². The summed E-state index contributed by atoms with van der Waals surface area (Å²) in [6.45, 7) is 3.99. The first-order valence-electron chi connectivity index (χ1n) is 6.29. The van der Waals surface area contributed by atoms with Gasteiger partial charge in [-0.1, -0.05) is 0 Å². The van der Waals surface area contributed by atoms with E-state index in [0.717, 1.165) is 11.6 Å². The van der Waals surface area contributed by atoms with Gasteiger partial charge in [-0.15, -0.1) is 0 Å². The number of nitrogens with zero attached hydrogens (tertiary/aromatic N) is 1.